The molecule has 30 heavy (non-hydrogen) atoms. The Bertz CT molecular complexity index is 971. The number of nitriles is 1. The zero-order valence-corrected chi connectivity index (χ0v) is 17.7. The molecule has 2 N–H and O–H groups in total. The molecule has 0 spiro atoms. The average Bonchev–Trinajstić information content (AvgIpc) is 2.70. The summed E-state index contributed by atoms with van der Waals surface area (Å²) < 4.78 is 0. The third-order valence-electron chi connectivity index (χ3n) is 5.83. The number of carbonyl (C=O) groups excluding carboxylic acids is 1. The number of piperazine rings is 1. The van der Waals surface area contributed by atoms with Gasteiger partial charge in [0.2, 0.25) is 11.9 Å². The van der Waals surface area contributed by atoms with Crippen LogP contribution in [0.1, 0.15) is 39.3 Å². The molecule has 1 aliphatic carbocycles. The van der Waals surface area contributed by atoms with Crippen LogP contribution >= 0.6 is 0 Å². The van der Waals surface area contributed by atoms with Crippen LogP contribution in [0.3, 0.4) is 0 Å². The lowest BCUT2D eigenvalue weighted by atomic mass is 9.85. The van der Waals surface area contributed by atoms with E-state index in [1.807, 2.05) is 18.7 Å². The monoisotopic (exact) mass is 408 g/mol. The minimum atomic E-state index is 0.166. The van der Waals surface area contributed by atoms with E-state index < -0.39 is 0 Å². The maximum absolute atomic E-state index is 11.5. The molecule has 2 aliphatic rings. The van der Waals surface area contributed by atoms with Gasteiger partial charge in [0.05, 0.1) is 0 Å². The third kappa shape index (κ3) is 4.28. The van der Waals surface area contributed by atoms with Crippen LogP contribution in [0.4, 0.5) is 11.8 Å². The van der Waals surface area contributed by atoms with Gasteiger partial charge in [-0.05, 0) is 32.8 Å². The number of nitrogens with one attached hydrogen (secondary N) is 2. The van der Waals surface area contributed by atoms with E-state index in [2.05, 4.69) is 36.6 Å². The summed E-state index contributed by atoms with van der Waals surface area (Å²) in [5, 5.41) is 16.7. The summed E-state index contributed by atoms with van der Waals surface area (Å²) in [6.07, 6.45) is 3.84. The Morgan fingerprint density at radius 3 is 2.60 bits per heavy atom. The normalized spacial score (nSPS) is 21.9. The summed E-state index contributed by atoms with van der Waals surface area (Å²) in [7, 11) is 0. The zero-order valence-electron chi connectivity index (χ0n) is 17.7. The maximum atomic E-state index is 11.5. The minimum absolute atomic E-state index is 0.166. The minimum Gasteiger partial charge on any atom is -0.366 e. The third-order valence-corrected chi connectivity index (χ3v) is 5.83. The van der Waals surface area contributed by atoms with Crippen molar-refractivity contribution in [2.45, 2.75) is 51.7 Å². The predicted octanol–water partition coefficient (Wildman–Crippen LogP) is 1.82. The molecular formula is C21H28N8O. The van der Waals surface area contributed by atoms with Gasteiger partial charge in [-0.2, -0.15) is 5.26 Å². The Labute approximate surface area is 176 Å². The molecule has 2 aromatic heterocycles. The first-order chi connectivity index (χ1) is 14.4. The van der Waals surface area contributed by atoms with Crippen molar-refractivity contribution in [1.82, 2.24) is 24.8 Å². The van der Waals surface area contributed by atoms with E-state index in [0.717, 1.165) is 49.9 Å². The van der Waals surface area contributed by atoms with Gasteiger partial charge >= 0.3 is 0 Å². The molecular weight excluding hydrogens is 380 g/mol. The van der Waals surface area contributed by atoms with Crippen molar-refractivity contribution < 1.29 is 4.79 Å². The molecule has 9 heteroatoms. The molecule has 0 radical (unpaired) electrons. The highest BCUT2D eigenvalue weighted by Crippen LogP contribution is 2.29. The van der Waals surface area contributed by atoms with Gasteiger partial charge in [0.25, 0.3) is 0 Å². The summed E-state index contributed by atoms with van der Waals surface area (Å²) in [4.78, 5) is 29.4. The average molecular weight is 409 g/mol. The summed E-state index contributed by atoms with van der Waals surface area (Å²) in [6, 6.07) is 4.87. The van der Waals surface area contributed by atoms with Crippen LogP contribution in [0.5, 0.6) is 0 Å². The van der Waals surface area contributed by atoms with Crippen molar-refractivity contribution >= 4 is 28.6 Å². The molecule has 1 amide bonds. The van der Waals surface area contributed by atoms with Gasteiger partial charge in [0.15, 0.2) is 5.82 Å². The van der Waals surface area contributed by atoms with E-state index >= 15 is 0 Å². The van der Waals surface area contributed by atoms with E-state index in [1.165, 1.54) is 0 Å². The lowest BCUT2D eigenvalue weighted by molar-refractivity contribution is -0.131. The topological polar surface area (TPSA) is 110 Å². The van der Waals surface area contributed by atoms with E-state index in [1.54, 1.807) is 19.2 Å². The number of anilines is 2. The van der Waals surface area contributed by atoms with E-state index in [0.29, 0.717) is 29.5 Å². The SMILES string of the molecule is CC(=O)N1CCN([C@H]2C[C@H](Nc3ncc4cc(C#N)nc(NC(C)C)c4n3)C2)CC1. The Hall–Kier alpha value is -2.99. The molecule has 2 aromatic rings. The van der Waals surface area contributed by atoms with Gasteiger partial charge in [-0.3, -0.25) is 9.69 Å². The number of aromatic nitrogens is 3. The molecule has 0 atom stereocenters. The Balaban J connectivity index is 1.39. The van der Waals surface area contributed by atoms with Crippen LogP contribution < -0.4 is 10.6 Å². The van der Waals surface area contributed by atoms with Gasteiger partial charge in [0, 0.05) is 62.8 Å². The molecule has 2 fully saturated rings. The Kier molecular flexibility index (Phi) is 5.68. The largest absolute Gasteiger partial charge is 0.366 e. The van der Waals surface area contributed by atoms with Crippen molar-refractivity contribution in [2.24, 2.45) is 0 Å². The number of hydrogen-bond donors (Lipinski definition) is 2. The highest BCUT2D eigenvalue weighted by atomic mass is 16.2. The summed E-state index contributed by atoms with van der Waals surface area (Å²) in [6.45, 7) is 9.22. The lowest BCUT2D eigenvalue weighted by Crippen LogP contribution is -2.57. The fraction of sp³-hybridized carbons (Fsp3) is 0.571. The van der Waals surface area contributed by atoms with Crippen molar-refractivity contribution in [2.75, 3.05) is 36.8 Å². The predicted molar refractivity (Wildman–Crippen MR) is 115 cm³/mol. The standard InChI is InChI=1S/C21H28N8O/c1-13(2)24-20-19-15(8-17(11-22)25-20)12-23-21(27-19)26-16-9-18(10-16)29-6-4-28(5-7-29)14(3)30/h8,12-13,16,18H,4-7,9-10H2,1-3H3,(H,24,25)(H,23,26,27)/t16-,18-. The second kappa shape index (κ2) is 8.40. The number of nitrogens with zero attached hydrogens (tertiary/aromatic N) is 6. The second-order valence-electron chi connectivity index (χ2n) is 8.41. The first kappa shape index (κ1) is 20.3. The molecule has 9 nitrogen and oxygen atoms in total. The van der Waals surface area contributed by atoms with E-state index in [-0.39, 0.29) is 11.9 Å². The van der Waals surface area contributed by atoms with Gasteiger partial charge in [0.1, 0.15) is 17.3 Å². The quantitative estimate of drug-likeness (QED) is 0.771. The highest BCUT2D eigenvalue weighted by Gasteiger charge is 2.35. The van der Waals surface area contributed by atoms with Gasteiger partial charge in [-0.15, -0.1) is 0 Å². The van der Waals surface area contributed by atoms with Crippen LogP contribution in [-0.2, 0) is 4.79 Å². The van der Waals surface area contributed by atoms with Crippen molar-refractivity contribution in [3.63, 3.8) is 0 Å². The summed E-state index contributed by atoms with van der Waals surface area (Å²) >= 11 is 0. The summed E-state index contributed by atoms with van der Waals surface area (Å²) in [5.74, 6) is 1.36. The van der Waals surface area contributed by atoms with E-state index in [9.17, 15) is 10.1 Å². The van der Waals surface area contributed by atoms with Crippen LogP contribution in [0.25, 0.3) is 10.9 Å². The van der Waals surface area contributed by atoms with Crippen LogP contribution in [0.15, 0.2) is 12.3 Å². The second-order valence-corrected chi connectivity index (χ2v) is 8.41. The molecule has 3 heterocycles. The molecule has 0 aromatic carbocycles. The molecule has 1 saturated carbocycles. The number of hydrogen-bond acceptors (Lipinski definition) is 8. The lowest BCUT2D eigenvalue weighted by Gasteiger charge is -2.46. The highest BCUT2D eigenvalue weighted by molar-refractivity contribution is 5.89. The van der Waals surface area contributed by atoms with Crippen molar-refractivity contribution in [3.8, 4) is 6.07 Å². The number of amides is 1. The first-order valence-electron chi connectivity index (χ1n) is 10.5. The van der Waals surface area contributed by atoms with Crippen LogP contribution in [-0.4, -0.2) is 75.0 Å². The molecule has 158 valence electrons. The fourth-order valence-electron chi connectivity index (χ4n) is 4.13. The molecule has 1 saturated heterocycles. The summed E-state index contributed by atoms with van der Waals surface area (Å²) in [5.41, 5.74) is 1.07. The Morgan fingerprint density at radius 2 is 1.97 bits per heavy atom. The molecule has 0 unspecified atom stereocenters. The number of carbonyl (C=O) groups is 1. The van der Waals surface area contributed by atoms with Gasteiger partial charge < -0.3 is 15.5 Å². The fourth-order valence-corrected chi connectivity index (χ4v) is 4.13. The smallest absolute Gasteiger partial charge is 0.223 e. The van der Waals surface area contributed by atoms with Gasteiger partial charge in [-0.1, -0.05) is 0 Å². The van der Waals surface area contributed by atoms with E-state index in [4.69, 9.17) is 0 Å². The maximum Gasteiger partial charge on any atom is 0.223 e. The van der Waals surface area contributed by atoms with Crippen LogP contribution in [0.2, 0.25) is 0 Å². The Morgan fingerprint density at radius 1 is 1.23 bits per heavy atom. The number of rotatable bonds is 5. The number of pyridine rings is 1. The molecule has 4 rings (SSSR count). The zero-order chi connectivity index (χ0) is 21.3. The number of fused-ring (bicyclic) bond motifs is 1. The molecule has 0 bridgehead atoms. The van der Waals surface area contributed by atoms with Gasteiger partial charge in [-0.25, -0.2) is 15.0 Å². The molecule has 1 aliphatic heterocycles. The van der Waals surface area contributed by atoms with Crippen LogP contribution in [0, 0.1) is 11.3 Å². The van der Waals surface area contributed by atoms with Crippen molar-refractivity contribution in [1.29, 1.82) is 5.26 Å². The first-order valence-corrected chi connectivity index (χ1v) is 10.5. The van der Waals surface area contributed by atoms with Crippen molar-refractivity contribution in [3.05, 3.63) is 18.0 Å².